The zero-order chi connectivity index (χ0) is 57.9. The van der Waals surface area contributed by atoms with Crippen LogP contribution in [-0.2, 0) is 70.4 Å². The van der Waals surface area contributed by atoms with Crippen molar-refractivity contribution in [3.63, 3.8) is 0 Å². The highest BCUT2D eigenvalue weighted by molar-refractivity contribution is 5.99. The molecule has 2 aromatic rings. The van der Waals surface area contributed by atoms with E-state index in [1.54, 1.807) is 13.8 Å². The van der Waals surface area contributed by atoms with Crippen molar-refractivity contribution in [3.05, 3.63) is 48.0 Å². The number of aromatic amines is 1. The molecule has 426 valence electrons. The van der Waals surface area contributed by atoms with Gasteiger partial charge in [0, 0.05) is 31.2 Å². The first kappa shape index (κ1) is 64.8. The number of aromatic hydroxyl groups is 1. The number of amides is 9. The fourth-order valence-electron chi connectivity index (χ4n) is 7.13. The van der Waals surface area contributed by atoms with E-state index in [9.17, 15) is 83.1 Å². The SMILES string of the molecule is CC(C)C[C@H](NC(=O)[C@H](CO)NC(=O)[C@H](CCCCN)NC(=O)[C@H](CC(=O)O)NC(=O)[C@H](Cc1ccc(O)cc1)NC(=O)[C@H](Cc1cnc[nH]1)NC(=O)[C@H](CC(N)=O)NC(=O)[C@H](CO)NC(=O)[C@@H](N)CCC(=O)O)C(=O)O. The molecule has 0 saturated carbocycles. The molecule has 0 spiro atoms. The lowest BCUT2D eigenvalue weighted by Gasteiger charge is -2.27. The highest BCUT2D eigenvalue weighted by Crippen LogP contribution is 2.14. The number of nitrogens with one attached hydrogen (secondary N) is 9. The van der Waals surface area contributed by atoms with Crippen molar-refractivity contribution in [2.24, 2.45) is 23.1 Å². The van der Waals surface area contributed by atoms with Crippen LogP contribution in [0.25, 0.3) is 0 Å². The average molecular weight is 1090 g/mol. The van der Waals surface area contributed by atoms with Crippen LogP contribution in [0.5, 0.6) is 5.75 Å². The third-order valence-corrected chi connectivity index (χ3v) is 11.2. The first-order valence-corrected chi connectivity index (χ1v) is 24.1. The van der Waals surface area contributed by atoms with Gasteiger partial charge in [0.25, 0.3) is 0 Å². The standard InChI is InChI=1S/C46H69N13O18/c1-22(2)13-32(46(76)77)57-45(75)34(20-61)59-39(69)27(5-3-4-12-47)52-43(73)31(17-37(66)67)56-40(70)28(14-23-6-8-25(62)9-7-23)53-41(71)29(15-24-18-50-21-51-24)54-42(72)30(16-35(49)63)55-44(74)33(19-60)58-38(68)26(48)10-11-36(64)65/h6-9,18,21-22,26-34,60-62H,3-5,10-17,19-20,47-48H2,1-2H3,(H2,49,63)(H,50,51)(H,52,73)(H,53,71)(H,54,72)(H,55,74)(H,56,70)(H,57,75)(H,58,68)(H,59,69)(H,64,65)(H,66,67)(H,76,77)/t26-,27-,28-,29-,30-,31-,32-,33-,34-/m0/s1. The number of hydrogen-bond acceptors (Lipinski definition) is 18. The van der Waals surface area contributed by atoms with Gasteiger partial charge in [-0.3, -0.25) is 52.7 Å². The largest absolute Gasteiger partial charge is 0.508 e. The molecule has 0 fully saturated rings. The number of aliphatic hydroxyl groups excluding tert-OH is 2. The van der Waals surface area contributed by atoms with E-state index in [1.807, 2.05) is 0 Å². The van der Waals surface area contributed by atoms with Crippen LogP contribution in [0.4, 0.5) is 0 Å². The van der Waals surface area contributed by atoms with Crippen molar-refractivity contribution >= 4 is 71.1 Å². The molecule has 21 N–H and O–H groups in total. The molecule has 0 saturated heterocycles. The number of rotatable bonds is 36. The summed E-state index contributed by atoms with van der Waals surface area (Å²) in [6.07, 6.45) is -0.986. The Morgan fingerprint density at radius 1 is 0.571 bits per heavy atom. The van der Waals surface area contributed by atoms with Crippen LogP contribution < -0.4 is 59.7 Å². The first-order valence-electron chi connectivity index (χ1n) is 24.1. The molecule has 1 aromatic heterocycles. The van der Waals surface area contributed by atoms with Gasteiger partial charge in [-0.25, -0.2) is 9.78 Å². The smallest absolute Gasteiger partial charge is 0.326 e. The van der Waals surface area contributed by atoms with Gasteiger partial charge in [0.2, 0.25) is 53.2 Å². The number of benzene rings is 1. The second-order valence-corrected chi connectivity index (χ2v) is 18.1. The summed E-state index contributed by atoms with van der Waals surface area (Å²) in [5.41, 5.74) is 17.2. The van der Waals surface area contributed by atoms with Gasteiger partial charge in [-0.05, 0) is 62.3 Å². The summed E-state index contributed by atoms with van der Waals surface area (Å²) >= 11 is 0. The monoisotopic (exact) mass is 1090 g/mol. The molecule has 77 heavy (non-hydrogen) atoms. The van der Waals surface area contributed by atoms with Crippen molar-refractivity contribution in [1.82, 2.24) is 52.5 Å². The lowest BCUT2D eigenvalue weighted by molar-refractivity contribution is -0.143. The minimum atomic E-state index is -2.00. The van der Waals surface area contributed by atoms with E-state index in [0.717, 1.165) is 0 Å². The molecular formula is C46H69N13O18. The minimum Gasteiger partial charge on any atom is -0.508 e. The maximum Gasteiger partial charge on any atom is 0.326 e. The van der Waals surface area contributed by atoms with Gasteiger partial charge < -0.3 is 95.4 Å². The number of H-pyrrole nitrogens is 1. The summed E-state index contributed by atoms with van der Waals surface area (Å²) < 4.78 is 0. The maximum absolute atomic E-state index is 14.3. The quantitative estimate of drug-likeness (QED) is 0.0282. The number of nitrogens with zero attached hydrogens (tertiary/aromatic N) is 1. The summed E-state index contributed by atoms with van der Waals surface area (Å²) in [5.74, 6) is -15.1. The molecule has 2 rings (SSSR count). The van der Waals surface area contributed by atoms with Gasteiger partial charge in [-0.2, -0.15) is 0 Å². The normalized spacial score (nSPS) is 14.5. The predicted octanol–water partition coefficient (Wildman–Crippen LogP) is -6.43. The number of primary amides is 1. The predicted molar refractivity (Wildman–Crippen MR) is 265 cm³/mol. The lowest BCUT2D eigenvalue weighted by atomic mass is 10.0. The van der Waals surface area contributed by atoms with Crippen molar-refractivity contribution in [2.75, 3.05) is 19.8 Å². The van der Waals surface area contributed by atoms with Crippen LogP contribution >= 0.6 is 0 Å². The van der Waals surface area contributed by atoms with Crippen LogP contribution in [0.3, 0.4) is 0 Å². The summed E-state index contributed by atoms with van der Waals surface area (Å²) in [6.45, 7) is 1.45. The topological polar surface area (TPSA) is 529 Å². The van der Waals surface area contributed by atoms with E-state index in [-0.39, 0.29) is 55.2 Å². The Morgan fingerprint density at radius 3 is 1.49 bits per heavy atom. The molecule has 0 aliphatic rings. The molecule has 1 heterocycles. The van der Waals surface area contributed by atoms with Crippen molar-refractivity contribution in [3.8, 4) is 5.75 Å². The molecule has 31 nitrogen and oxygen atoms in total. The number of aliphatic carboxylic acids is 3. The number of imidazole rings is 1. The Labute approximate surface area is 440 Å². The number of aliphatic hydroxyl groups is 2. The molecule has 0 unspecified atom stereocenters. The summed E-state index contributed by atoms with van der Waals surface area (Å²) in [6, 6.07) is -10.1. The van der Waals surface area contributed by atoms with Gasteiger partial charge in [0.05, 0.1) is 38.4 Å². The van der Waals surface area contributed by atoms with Crippen molar-refractivity contribution in [1.29, 1.82) is 0 Å². The number of carbonyl (C=O) groups is 12. The van der Waals surface area contributed by atoms with E-state index in [0.29, 0.717) is 6.42 Å². The number of nitrogens with two attached hydrogens (primary N) is 3. The van der Waals surface area contributed by atoms with Crippen molar-refractivity contribution in [2.45, 2.75) is 132 Å². The number of carbonyl (C=O) groups excluding carboxylic acids is 9. The van der Waals surface area contributed by atoms with Crippen LogP contribution in [0.15, 0.2) is 36.8 Å². The van der Waals surface area contributed by atoms with Gasteiger partial charge >= 0.3 is 17.9 Å². The van der Waals surface area contributed by atoms with E-state index < -0.39 is 171 Å². The number of hydrogen-bond donors (Lipinski definition) is 18. The van der Waals surface area contributed by atoms with Gasteiger partial charge in [-0.1, -0.05) is 26.0 Å². The first-order chi connectivity index (χ1) is 36.3. The Balaban J connectivity index is 2.50. The molecule has 31 heteroatoms. The molecule has 0 aliphatic carbocycles. The number of phenols is 1. The Hall–Kier alpha value is -8.29. The molecular weight excluding hydrogens is 1020 g/mol. The number of carboxylic acids is 3. The number of phenolic OH excluding ortho intramolecular Hbond substituents is 1. The lowest BCUT2D eigenvalue weighted by Crippen LogP contribution is -2.61. The van der Waals surface area contributed by atoms with E-state index in [2.05, 4.69) is 52.5 Å². The van der Waals surface area contributed by atoms with Gasteiger partial charge in [0.1, 0.15) is 54.1 Å². The molecule has 0 bridgehead atoms. The summed E-state index contributed by atoms with van der Waals surface area (Å²) in [7, 11) is 0. The minimum absolute atomic E-state index is 0.000617. The van der Waals surface area contributed by atoms with E-state index in [1.165, 1.54) is 36.8 Å². The average Bonchev–Trinajstić information content (AvgIpc) is 3.88. The molecule has 0 radical (unpaired) electrons. The Morgan fingerprint density at radius 2 is 1.03 bits per heavy atom. The molecule has 1 aromatic carbocycles. The zero-order valence-electron chi connectivity index (χ0n) is 42.2. The van der Waals surface area contributed by atoms with Crippen LogP contribution in [0, 0.1) is 5.92 Å². The van der Waals surface area contributed by atoms with Gasteiger partial charge in [-0.15, -0.1) is 0 Å². The number of unbranched alkanes of at least 4 members (excludes halogenated alkanes) is 1. The molecule has 9 atom stereocenters. The summed E-state index contributed by atoms with van der Waals surface area (Å²) in [5, 5.41) is 76.3. The number of aromatic nitrogens is 2. The highest BCUT2D eigenvalue weighted by atomic mass is 16.4. The van der Waals surface area contributed by atoms with E-state index >= 15 is 0 Å². The van der Waals surface area contributed by atoms with Crippen LogP contribution in [0.1, 0.15) is 76.5 Å². The fraction of sp³-hybridized carbons (Fsp3) is 0.543. The third kappa shape index (κ3) is 23.9. The van der Waals surface area contributed by atoms with E-state index in [4.69, 9.17) is 22.3 Å². The molecule has 9 amide bonds. The third-order valence-electron chi connectivity index (χ3n) is 11.2. The van der Waals surface area contributed by atoms with Crippen LogP contribution in [-0.4, -0.2) is 186 Å². The maximum atomic E-state index is 14.3. The zero-order valence-corrected chi connectivity index (χ0v) is 42.2. The highest BCUT2D eigenvalue weighted by Gasteiger charge is 2.36. The van der Waals surface area contributed by atoms with Crippen LogP contribution in [0.2, 0.25) is 0 Å². The summed E-state index contributed by atoms with van der Waals surface area (Å²) in [4.78, 5) is 163. The fourth-order valence-corrected chi connectivity index (χ4v) is 7.13. The second-order valence-electron chi connectivity index (χ2n) is 18.1. The second kappa shape index (κ2) is 32.9. The Bertz CT molecular complexity index is 2350. The molecule has 0 aliphatic heterocycles. The Kier molecular flexibility index (Phi) is 27.7. The number of carboxylic acid groups (broad SMARTS) is 3. The van der Waals surface area contributed by atoms with Gasteiger partial charge in [0.15, 0.2) is 0 Å². The van der Waals surface area contributed by atoms with Crippen molar-refractivity contribution < 1.29 is 88.2 Å².